The summed E-state index contributed by atoms with van der Waals surface area (Å²) in [6.07, 6.45) is 3.26. The Morgan fingerprint density at radius 1 is 0.933 bits per heavy atom. The molecule has 0 saturated heterocycles. The summed E-state index contributed by atoms with van der Waals surface area (Å²) in [5.74, 6) is 1.59. The van der Waals surface area contributed by atoms with Gasteiger partial charge in [0.2, 0.25) is 0 Å². The Kier molecular flexibility index (Phi) is 7.39. The van der Waals surface area contributed by atoms with Crippen LogP contribution in [0.2, 0.25) is 10.0 Å². The summed E-state index contributed by atoms with van der Waals surface area (Å²) in [6, 6.07) is 17.8. The van der Waals surface area contributed by atoms with E-state index in [0.29, 0.717) is 32.9 Å². The second-order valence-electron chi connectivity index (χ2n) is 6.34. The molecular formula is C24H20Cl2O4. The highest BCUT2D eigenvalue weighted by molar-refractivity contribution is 6.37. The minimum Gasteiger partial charge on any atom is -0.497 e. The molecule has 3 rings (SSSR count). The van der Waals surface area contributed by atoms with Crippen LogP contribution in [0.15, 0.2) is 66.7 Å². The summed E-state index contributed by atoms with van der Waals surface area (Å²) < 4.78 is 16.4. The minimum absolute atomic E-state index is 0.120. The zero-order valence-corrected chi connectivity index (χ0v) is 18.0. The summed E-state index contributed by atoms with van der Waals surface area (Å²) in [4.78, 5) is 12.5. The smallest absolute Gasteiger partial charge is 0.185 e. The zero-order chi connectivity index (χ0) is 21.5. The molecule has 4 nitrogen and oxygen atoms in total. The van der Waals surface area contributed by atoms with Crippen LogP contribution in [0.3, 0.4) is 0 Å². The topological polar surface area (TPSA) is 44.8 Å². The van der Waals surface area contributed by atoms with Crippen molar-refractivity contribution >= 4 is 35.1 Å². The van der Waals surface area contributed by atoms with E-state index in [2.05, 4.69) is 0 Å². The van der Waals surface area contributed by atoms with E-state index in [4.69, 9.17) is 37.4 Å². The summed E-state index contributed by atoms with van der Waals surface area (Å²) >= 11 is 12.3. The Labute approximate surface area is 185 Å². The SMILES string of the molecule is COc1cccc(C(=O)/C=C/c2ccc(OC)c(COc3c(Cl)cccc3Cl)c2)c1. The molecule has 0 heterocycles. The molecule has 0 aliphatic heterocycles. The lowest BCUT2D eigenvalue weighted by atomic mass is 10.1. The third-order valence-corrected chi connectivity index (χ3v) is 4.97. The summed E-state index contributed by atoms with van der Waals surface area (Å²) in [5, 5.41) is 0.864. The van der Waals surface area contributed by atoms with Crippen molar-refractivity contribution in [3.05, 3.63) is 93.5 Å². The Hall–Kier alpha value is -2.95. The number of carbonyl (C=O) groups is 1. The highest BCUT2D eigenvalue weighted by atomic mass is 35.5. The van der Waals surface area contributed by atoms with Crippen LogP contribution in [-0.4, -0.2) is 20.0 Å². The van der Waals surface area contributed by atoms with Gasteiger partial charge in [0.15, 0.2) is 11.5 Å². The molecule has 0 aromatic heterocycles. The van der Waals surface area contributed by atoms with Crippen LogP contribution in [0.4, 0.5) is 0 Å². The maximum atomic E-state index is 12.5. The standard InChI is InChI=1S/C24H20Cl2O4/c1-28-19-6-3-5-17(14-19)22(27)11-9-16-10-12-23(29-2)18(13-16)15-30-24-20(25)7-4-8-21(24)26/h3-14H,15H2,1-2H3/b11-9+. The summed E-state index contributed by atoms with van der Waals surface area (Å²) in [6.45, 7) is 0.206. The number of hydrogen-bond donors (Lipinski definition) is 0. The first kappa shape index (κ1) is 21.8. The monoisotopic (exact) mass is 442 g/mol. The molecule has 0 radical (unpaired) electrons. The van der Waals surface area contributed by atoms with Crippen molar-refractivity contribution in [2.75, 3.05) is 14.2 Å². The van der Waals surface area contributed by atoms with Crippen molar-refractivity contribution in [1.82, 2.24) is 0 Å². The van der Waals surface area contributed by atoms with Gasteiger partial charge in [0.25, 0.3) is 0 Å². The van der Waals surface area contributed by atoms with E-state index >= 15 is 0 Å². The Balaban J connectivity index is 1.78. The average molecular weight is 443 g/mol. The number of halogens is 2. The average Bonchev–Trinajstić information content (AvgIpc) is 2.77. The zero-order valence-electron chi connectivity index (χ0n) is 16.5. The highest BCUT2D eigenvalue weighted by Crippen LogP contribution is 2.33. The predicted molar refractivity (Wildman–Crippen MR) is 120 cm³/mol. The largest absolute Gasteiger partial charge is 0.497 e. The molecule has 0 spiro atoms. The second kappa shape index (κ2) is 10.2. The van der Waals surface area contributed by atoms with E-state index in [1.165, 1.54) is 6.08 Å². The number of carbonyl (C=O) groups excluding carboxylic acids is 1. The lowest BCUT2D eigenvalue weighted by Crippen LogP contribution is -2.00. The Morgan fingerprint density at radius 2 is 1.67 bits per heavy atom. The van der Waals surface area contributed by atoms with Crippen molar-refractivity contribution in [3.63, 3.8) is 0 Å². The number of allylic oxidation sites excluding steroid dienone is 1. The second-order valence-corrected chi connectivity index (χ2v) is 7.15. The van der Waals surface area contributed by atoms with Crippen molar-refractivity contribution < 1.29 is 19.0 Å². The van der Waals surface area contributed by atoms with Gasteiger partial charge in [-0.3, -0.25) is 4.79 Å². The fourth-order valence-electron chi connectivity index (χ4n) is 2.83. The van der Waals surface area contributed by atoms with Gasteiger partial charge in [-0.2, -0.15) is 0 Å². The summed E-state index contributed by atoms with van der Waals surface area (Å²) in [5.41, 5.74) is 2.18. The predicted octanol–water partition coefficient (Wildman–Crippen LogP) is 6.49. The van der Waals surface area contributed by atoms with Gasteiger partial charge in [-0.15, -0.1) is 0 Å². The molecule has 6 heteroatoms. The highest BCUT2D eigenvalue weighted by Gasteiger charge is 2.10. The first-order chi connectivity index (χ1) is 14.5. The lowest BCUT2D eigenvalue weighted by molar-refractivity contribution is 0.104. The van der Waals surface area contributed by atoms with Crippen LogP contribution in [-0.2, 0) is 6.61 Å². The first-order valence-corrected chi connectivity index (χ1v) is 9.87. The van der Waals surface area contributed by atoms with E-state index in [9.17, 15) is 4.79 Å². The van der Waals surface area contributed by atoms with E-state index in [1.807, 2.05) is 18.2 Å². The van der Waals surface area contributed by atoms with Gasteiger partial charge < -0.3 is 14.2 Å². The number of para-hydroxylation sites is 1. The maximum absolute atomic E-state index is 12.5. The molecule has 0 N–H and O–H groups in total. The van der Waals surface area contributed by atoms with Crippen LogP contribution in [0.1, 0.15) is 21.5 Å². The third-order valence-electron chi connectivity index (χ3n) is 4.38. The van der Waals surface area contributed by atoms with E-state index in [0.717, 1.165) is 11.1 Å². The van der Waals surface area contributed by atoms with Crippen LogP contribution >= 0.6 is 23.2 Å². The number of rotatable bonds is 8. The molecule has 0 aliphatic rings. The van der Waals surface area contributed by atoms with E-state index in [-0.39, 0.29) is 12.4 Å². The molecule has 0 amide bonds. The minimum atomic E-state index is -0.120. The van der Waals surface area contributed by atoms with Gasteiger partial charge in [0.05, 0.1) is 24.3 Å². The lowest BCUT2D eigenvalue weighted by Gasteiger charge is -2.13. The summed E-state index contributed by atoms with van der Waals surface area (Å²) in [7, 11) is 3.15. The molecule has 0 bridgehead atoms. The third kappa shape index (κ3) is 5.35. The number of hydrogen-bond acceptors (Lipinski definition) is 4. The number of ketones is 1. The number of benzene rings is 3. The number of ether oxygens (including phenoxy) is 3. The Bertz CT molecular complexity index is 1060. The quantitative estimate of drug-likeness (QED) is 0.295. The van der Waals surface area contributed by atoms with Gasteiger partial charge >= 0.3 is 0 Å². The molecule has 0 atom stereocenters. The normalized spacial score (nSPS) is 10.8. The van der Waals surface area contributed by atoms with Gasteiger partial charge in [0, 0.05) is 11.1 Å². The Morgan fingerprint density at radius 3 is 2.37 bits per heavy atom. The maximum Gasteiger partial charge on any atom is 0.185 e. The van der Waals surface area contributed by atoms with E-state index < -0.39 is 0 Å². The first-order valence-electron chi connectivity index (χ1n) is 9.12. The molecule has 3 aromatic rings. The molecular weight excluding hydrogens is 423 g/mol. The fourth-order valence-corrected chi connectivity index (χ4v) is 3.34. The van der Waals surface area contributed by atoms with Crippen LogP contribution in [0.25, 0.3) is 6.08 Å². The molecule has 0 aliphatic carbocycles. The van der Waals surface area contributed by atoms with Crippen molar-refractivity contribution in [3.8, 4) is 17.2 Å². The number of methoxy groups -OCH3 is 2. The van der Waals surface area contributed by atoms with Crippen LogP contribution in [0, 0.1) is 0 Å². The molecule has 0 fully saturated rings. The molecule has 30 heavy (non-hydrogen) atoms. The van der Waals surface area contributed by atoms with Gasteiger partial charge in [-0.1, -0.05) is 53.5 Å². The van der Waals surface area contributed by atoms with Crippen molar-refractivity contribution in [2.24, 2.45) is 0 Å². The van der Waals surface area contributed by atoms with Gasteiger partial charge in [-0.05, 0) is 48.0 Å². The molecule has 3 aromatic carbocycles. The van der Waals surface area contributed by atoms with Gasteiger partial charge in [-0.25, -0.2) is 0 Å². The molecule has 0 unspecified atom stereocenters. The van der Waals surface area contributed by atoms with Crippen molar-refractivity contribution in [2.45, 2.75) is 6.61 Å². The van der Waals surface area contributed by atoms with Crippen molar-refractivity contribution in [1.29, 1.82) is 0 Å². The molecule has 0 saturated carbocycles. The fraction of sp³-hybridized carbons (Fsp3) is 0.125. The van der Waals surface area contributed by atoms with E-state index in [1.54, 1.807) is 62.8 Å². The van der Waals surface area contributed by atoms with Crippen LogP contribution in [0.5, 0.6) is 17.2 Å². The van der Waals surface area contributed by atoms with Crippen LogP contribution < -0.4 is 14.2 Å². The molecule has 154 valence electrons. The van der Waals surface area contributed by atoms with Gasteiger partial charge in [0.1, 0.15) is 18.1 Å².